The van der Waals surface area contributed by atoms with Crippen LogP contribution in [0.25, 0.3) is 10.9 Å². The number of fused-ring (bicyclic) bond motifs is 1. The van der Waals surface area contributed by atoms with Gasteiger partial charge in [-0.3, -0.25) is 4.99 Å². The van der Waals surface area contributed by atoms with E-state index in [-0.39, 0.29) is 24.0 Å². The summed E-state index contributed by atoms with van der Waals surface area (Å²) in [7, 11) is 2.21. The number of piperidine rings is 1. The fraction of sp³-hybridized carbons (Fsp3) is 0.571. The molecule has 0 spiro atoms. The number of aryl methyl sites for hydroxylation is 1. The van der Waals surface area contributed by atoms with E-state index in [1.54, 1.807) is 0 Å². The van der Waals surface area contributed by atoms with Crippen LogP contribution in [0, 0.1) is 5.92 Å². The van der Waals surface area contributed by atoms with Gasteiger partial charge in [-0.1, -0.05) is 18.2 Å². The minimum absolute atomic E-state index is 0. The van der Waals surface area contributed by atoms with E-state index >= 15 is 0 Å². The summed E-state index contributed by atoms with van der Waals surface area (Å²) in [6.45, 7) is 8.30. The Kier molecular flexibility index (Phi) is 9.41. The Hall–Kier alpha value is -1.28. The lowest BCUT2D eigenvalue weighted by Crippen LogP contribution is -2.39. The molecule has 2 aromatic rings. The van der Waals surface area contributed by atoms with E-state index in [1.165, 1.54) is 36.8 Å². The normalized spacial score (nSPS) is 18.3. The van der Waals surface area contributed by atoms with E-state index in [0.717, 1.165) is 38.6 Å². The standard InChI is InChI=1S/C21H33N5.HI/c1-3-22-21(24-16-18-8-6-13-25(2)17-18)23-12-7-14-26-15-11-19-9-4-5-10-20(19)26;/h4-5,9-11,15,18H,3,6-8,12-14,16-17H2,1-2H3,(H2,22,23,24);1H. The number of guanidine groups is 1. The van der Waals surface area contributed by atoms with Crippen molar-refractivity contribution in [3.05, 3.63) is 36.5 Å². The minimum atomic E-state index is 0. The average Bonchev–Trinajstić information content (AvgIpc) is 3.06. The first-order valence-electron chi connectivity index (χ1n) is 10.0. The number of aromatic nitrogens is 1. The lowest BCUT2D eigenvalue weighted by atomic mass is 9.99. The lowest BCUT2D eigenvalue weighted by Gasteiger charge is -2.28. The monoisotopic (exact) mass is 483 g/mol. The van der Waals surface area contributed by atoms with Crippen LogP contribution in [-0.4, -0.2) is 55.2 Å². The van der Waals surface area contributed by atoms with Gasteiger partial charge in [0.05, 0.1) is 0 Å². The molecule has 6 heteroatoms. The number of likely N-dealkylation sites (tertiary alicyclic amines) is 1. The van der Waals surface area contributed by atoms with Gasteiger partial charge in [0.15, 0.2) is 5.96 Å². The molecule has 1 aromatic carbocycles. The summed E-state index contributed by atoms with van der Waals surface area (Å²) in [6.07, 6.45) is 5.86. The number of nitrogens with zero attached hydrogens (tertiary/aromatic N) is 3. The van der Waals surface area contributed by atoms with Gasteiger partial charge in [0.2, 0.25) is 0 Å². The maximum absolute atomic E-state index is 4.82. The molecular weight excluding hydrogens is 449 g/mol. The molecule has 27 heavy (non-hydrogen) atoms. The first-order chi connectivity index (χ1) is 12.8. The number of halogens is 1. The third-order valence-corrected chi connectivity index (χ3v) is 5.12. The zero-order chi connectivity index (χ0) is 18.2. The van der Waals surface area contributed by atoms with Crippen LogP contribution in [-0.2, 0) is 6.54 Å². The fourth-order valence-corrected chi connectivity index (χ4v) is 3.78. The first-order valence-corrected chi connectivity index (χ1v) is 10.0. The highest BCUT2D eigenvalue weighted by Crippen LogP contribution is 2.16. The lowest BCUT2D eigenvalue weighted by molar-refractivity contribution is 0.214. The zero-order valence-electron chi connectivity index (χ0n) is 16.7. The van der Waals surface area contributed by atoms with Gasteiger partial charge in [-0.15, -0.1) is 24.0 Å². The minimum Gasteiger partial charge on any atom is -0.357 e. The summed E-state index contributed by atoms with van der Waals surface area (Å²) < 4.78 is 2.33. The first kappa shape index (κ1) is 22.0. The second-order valence-corrected chi connectivity index (χ2v) is 7.34. The molecule has 0 radical (unpaired) electrons. The molecule has 1 aliphatic rings. The maximum Gasteiger partial charge on any atom is 0.191 e. The Morgan fingerprint density at radius 1 is 1.22 bits per heavy atom. The van der Waals surface area contributed by atoms with E-state index < -0.39 is 0 Å². The molecule has 1 fully saturated rings. The van der Waals surface area contributed by atoms with Crippen LogP contribution in [0.3, 0.4) is 0 Å². The molecule has 3 rings (SSSR count). The molecule has 1 aromatic heterocycles. The topological polar surface area (TPSA) is 44.6 Å². The number of para-hydroxylation sites is 1. The summed E-state index contributed by atoms with van der Waals surface area (Å²) in [5.41, 5.74) is 1.31. The van der Waals surface area contributed by atoms with Crippen LogP contribution < -0.4 is 10.6 Å². The number of aliphatic imine (C=N–C) groups is 1. The summed E-state index contributed by atoms with van der Waals surface area (Å²) in [4.78, 5) is 7.24. The van der Waals surface area contributed by atoms with Crippen LogP contribution in [0.1, 0.15) is 26.2 Å². The van der Waals surface area contributed by atoms with Crippen LogP contribution in [0.15, 0.2) is 41.5 Å². The molecule has 0 saturated carbocycles. The molecule has 2 heterocycles. The Bertz CT molecular complexity index is 711. The van der Waals surface area contributed by atoms with Gasteiger partial charge >= 0.3 is 0 Å². The van der Waals surface area contributed by atoms with Gasteiger partial charge in [0, 0.05) is 44.4 Å². The highest BCUT2D eigenvalue weighted by Gasteiger charge is 2.16. The number of hydrogen-bond acceptors (Lipinski definition) is 2. The number of rotatable bonds is 7. The third-order valence-electron chi connectivity index (χ3n) is 5.12. The molecule has 1 aliphatic heterocycles. The van der Waals surface area contributed by atoms with E-state index in [9.17, 15) is 0 Å². The predicted octanol–water partition coefficient (Wildman–Crippen LogP) is 3.55. The van der Waals surface area contributed by atoms with Crippen LogP contribution in [0.4, 0.5) is 0 Å². The summed E-state index contributed by atoms with van der Waals surface area (Å²) in [5.74, 6) is 1.65. The summed E-state index contributed by atoms with van der Waals surface area (Å²) in [5, 5.41) is 8.18. The molecule has 0 bridgehead atoms. The van der Waals surface area contributed by atoms with Crippen molar-refractivity contribution in [3.8, 4) is 0 Å². The predicted molar refractivity (Wildman–Crippen MR) is 126 cm³/mol. The largest absolute Gasteiger partial charge is 0.357 e. The molecule has 0 amide bonds. The Labute approximate surface area is 180 Å². The van der Waals surface area contributed by atoms with Crippen molar-refractivity contribution in [2.45, 2.75) is 32.7 Å². The number of benzene rings is 1. The third kappa shape index (κ3) is 6.68. The second kappa shape index (κ2) is 11.5. The molecule has 5 nitrogen and oxygen atoms in total. The van der Waals surface area contributed by atoms with Gasteiger partial charge in [-0.05, 0) is 63.2 Å². The molecule has 1 saturated heterocycles. The van der Waals surface area contributed by atoms with Crippen molar-refractivity contribution in [3.63, 3.8) is 0 Å². The molecule has 1 unspecified atom stereocenters. The van der Waals surface area contributed by atoms with E-state index in [0.29, 0.717) is 5.92 Å². The van der Waals surface area contributed by atoms with E-state index in [2.05, 4.69) is 70.6 Å². The van der Waals surface area contributed by atoms with Crippen LogP contribution >= 0.6 is 24.0 Å². The Balaban J connectivity index is 0.00000261. The van der Waals surface area contributed by atoms with Crippen molar-refractivity contribution in [1.29, 1.82) is 0 Å². The quantitative estimate of drug-likeness (QED) is 0.274. The molecule has 2 N–H and O–H groups in total. The van der Waals surface area contributed by atoms with Crippen molar-refractivity contribution < 1.29 is 0 Å². The smallest absolute Gasteiger partial charge is 0.191 e. The second-order valence-electron chi connectivity index (χ2n) is 7.34. The molecule has 1 atom stereocenters. The van der Waals surface area contributed by atoms with Gasteiger partial charge in [-0.2, -0.15) is 0 Å². The van der Waals surface area contributed by atoms with Crippen LogP contribution in [0.2, 0.25) is 0 Å². The van der Waals surface area contributed by atoms with Gasteiger partial charge in [0.25, 0.3) is 0 Å². The average molecular weight is 483 g/mol. The highest BCUT2D eigenvalue weighted by molar-refractivity contribution is 14.0. The molecule has 150 valence electrons. The van der Waals surface area contributed by atoms with E-state index in [1.807, 2.05) is 0 Å². The number of nitrogens with one attached hydrogen (secondary N) is 2. The SMILES string of the molecule is CCNC(=NCC1CCCN(C)C1)NCCCn1ccc2ccccc21.I. The van der Waals surface area contributed by atoms with Gasteiger partial charge < -0.3 is 20.1 Å². The molecule has 0 aliphatic carbocycles. The number of hydrogen-bond donors (Lipinski definition) is 2. The van der Waals surface area contributed by atoms with Crippen molar-refractivity contribution in [2.24, 2.45) is 10.9 Å². The molecular formula is C21H34IN5. The highest BCUT2D eigenvalue weighted by atomic mass is 127. The van der Waals surface area contributed by atoms with Crippen molar-refractivity contribution in [2.75, 3.05) is 39.8 Å². The van der Waals surface area contributed by atoms with Gasteiger partial charge in [0.1, 0.15) is 0 Å². The zero-order valence-corrected chi connectivity index (χ0v) is 19.0. The van der Waals surface area contributed by atoms with Crippen LogP contribution in [0.5, 0.6) is 0 Å². The van der Waals surface area contributed by atoms with Crippen molar-refractivity contribution in [1.82, 2.24) is 20.1 Å². The Morgan fingerprint density at radius 2 is 2.07 bits per heavy atom. The van der Waals surface area contributed by atoms with E-state index in [4.69, 9.17) is 4.99 Å². The van der Waals surface area contributed by atoms with Crippen molar-refractivity contribution >= 4 is 40.8 Å². The summed E-state index contributed by atoms with van der Waals surface area (Å²) >= 11 is 0. The fourth-order valence-electron chi connectivity index (χ4n) is 3.78. The summed E-state index contributed by atoms with van der Waals surface area (Å²) in [6, 6.07) is 10.8. The van der Waals surface area contributed by atoms with Gasteiger partial charge in [-0.25, -0.2) is 0 Å². The Morgan fingerprint density at radius 3 is 2.89 bits per heavy atom. The maximum atomic E-state index is 4.82.